The Balaban J connectivity index is 2.28. The number of nitrogens with zero attached hydrogens (tertiary/aromatic N) is 3. The van der Waals surface area contributed by atoms with E-state index in [0.717, 1.165) is 25.5 Å². The second-order valence-electron chi connectivity index (χ2n) is 5.65. The first kappa shape index (κ1) is 13.6. The van der Waals surface area contributed by atoms with E-state index in [-0.39, 0.29) is 5.54 Å². The molecule has 6 nitrogen and oxygen atoms in total. The number of piperazine rings is 1. The molecule has 1 saturated heterocycles. The van der Waals surface area contributed by atoms with Crippen LogP contribution in [0.3, 0.4) is 0 Å². The third-order valence-corrected chi connectivity index (χ3v) is 3.83. The summed E-state index contributed by atoms with van der Waals surface area (Å²) in [6.07, 6.45) is 1.50. The number of pyridine rings is 1. The van der Waals surface area contributed by atoms with Gasteiger partial charge in [0, 0.05) is 25.2 Å². The van der Waals surface area contributed by atoms with Gasteiger partial charge in [-0.1, -0.05) is 0 Å². The second kappa shape index (κ2) is 4.70. The number of primary amides is 1. The van der Waals surface area contributed by atoms with E-state index >= 15 is 0 Å². The number of carbonyl (C=O) groups excluding carboxylic acids is 1. The van der Waals surface area contributed by atoms with Crippen LogP contribution in [0.1, 0.15) is 24.2 Å². The predicted molar refractivity (Wildman–Crippen MR) is 76.1 cm³/mol. The van der Waals surface area contributed by atoms with Gasteiger partial charge >= 0.3 is 0 Å². The van der Waals surface area contributed by atoms with Gasteiger partial charge in [-0.25, -0.2) is 4.98 Å². The molecule has 1 amide bonds. The van der Waals surface area contributed by atoms with Crippen LogP contribution in [0.25, 0.3) is 0 Å². The number of hydrogen-bond acceptors (Lipinski definition) is 5. The molecule has 1 aromatic heterocycles. The number of aromatic nitrogens is 1. The van der Waals surface area contributed by atoms with Crippen molar-refractivity contribution in [1.29, 1.82) is 0 Å². The van der Waals surface area contributed by atoms with Crippen molar-refractivity contribution in [3.63, 3.8) is 0 Å². The molecule has 104 valence electrons. The summed E-state index contributed by atoms with van der Waals surface area (Å²) in [5.41, 5.74) is 11.7. The lowest BCUT2D eigenvalue weighted by Crippen LogP contribution is -2.57. The van der Waals surface area contributed by atoms with Crippen LogP contribution in [0.2, 0.25) is 0 Å². The molecule has 4 N–H and O–H groups in total. The van der Waals surface area contributed by atoms with Crippen LogP contribution in [0.5, 0.6) is 0 Å². The van der Waals surface area contributed by atoms with E-state index in [4.69, 9.17) is 11.5 Å². The highest BCUT2D eigenvalue weighted by Crippen LogP contribution is 2.24. The van der Waals surface area contributed by atoms with E-state index < -0.39 is 5.91 Å². The van der Waals surface area contributed by atoms with Gasteiger partial charge in [-0.05, 0) is 27.0 Å². The third-order valence-electron chi connectivity index (χ3n) is 3.83. The molecule has 0 bridgehead atoms. The summed E-state index contributed by atoms with van der Waals surface area (Å²) >= 11 is 0. The van der Waals surface area contributed by atoms with Crippen molar-refractivity contribution >= 4 is 17.4 Å². The number of nitrogen functional groups attached to an aromatic ring is 1. The second-order valence-corrected chi connectivity index (χ2v) is 5.65. The average molecular weight is 263 g/mol. The van der Waals surface area contributed by atoms with Gasteiger partial charge in [-0.3, -0.25) is 9.69 Å². The van der Waals surface area contributed by atoms with E-state index in [1.807, 2.05) is 0 Å². The van der Waals surface area contributed by atoms with Crippen molar-refractivity contribution in [3.05, 3.63) is 17.8 Å². The lowest BCUT2D eigenvalue weighted by Gasteiger charge is -2.45. The highest BCUT2D eigenvalue weighted by molar-refractivity contribution is 5.98. The minimum absolute atomic E-state index is 0.0637. The lowest BCUT2D eigenvalue weighted by atomic mass is 9.99. The molecule has 0 spiro atoms. The van der Waals surface area contributed by atoms with E-state index in [0.29, 0.717) is 11.3 Å². The van der Waals surface area contributed by atoms with E-state index in [1.54, 1.807) is 6.07 Å². The summed E-state index contributed by atoms with van der Waals surface area (Å²) in [6, 6.07) is 1.68. The van der Waals surface area contributed by atoms with Gasteiger partial charge in [-0.15, -0.1) is 0 Å². The molecule has 1 aliphatic rings. The van der Waals surface area contributed by atoms with Crippen LogP contribution in [0.4, 0.5) is 11.5 Å². The molecular formula is C13H21N5O. The Hall–Kier alpha value is -1.82. The summed E-state index contributed by atoms with van der Waals surface area (Å²) < 4.78 is 0. The topological polar surface area (TPSA) is 88.5 Å². The van der Waals surface area contributed by atoms with Gasteiger partial charge in [0.1, 0.15) is 5.82 Å². The Morgan fingerprint density at radius 3 is 2.68 bits per heavy atom. The molecule has 2 heterocycles. The maximum absolute atomic E-state index is 11.3. The van der Waals surface area contributed by atoms with Crippen molar-refractivity contribution in [2.45, 2.75) is 19.4 Å². The molecule has 1 aromatic rings. The third kappa shape index (κ3) is 2.63. The molecule has 1 fully saturated rings. The maximum atomic E-state index is 11.3. The van der Waals surface area contributed by atoms with E-state index in [1.165, 1.54) is 6.20 Å². The smallest absolute Gasteiger partial charge is 0.250 e. The normalized spacial score (nSPS) is 19.4. The molecule has 2 rings (SSSR count). The van der Waals surface area contributed by atoms with E-state index in [9.17, 15) is 4.79 Å². The number of hydrogen-bond donors (Lipinski definition) is 2. The first-order valence-electron chi connectivity index (χ1n) is 6.33. The van der Waals surface area contributed by atoms with Crippen molar-refractivity contribution < 1.29 is 4.79 Å². The minimum atomic E-state index is -0.519. The SMILES string of the molecule is CN1CCN(c2cc(C(N)=O)c(N)cn2)CC1(C)C. The quantitative estimate of drug-likeness (QED) is 0.801. The fraction of sp³-hybridized carbons (Fsp3) is 0.538. The zero-order chi connectivity index (χ0) is 14.2. The summed E-state index contributed by atoms with van der Waals surface area (Å²) in [4.78, 5) is 20.1. The largest absolute Gasteiger partial charge is 0.397 e. The number of amides is 1. The van der Waals surface area contributed by atoms with Crippen LogP contribution < -0.4 is 16.4 Å². The minimum Gasteiger partial charge on any atom is -0.397 e. The van der Waals surface area contributed by atoms with Crippen molar-refractivity contribution in [2.75, 3.05) is 37.3 Å². The Bertz CT molecular complexity index is 500. The van der Waals surface area contributed by atoms with Gasteiger partial charge in [0.15, 0.2) is 0 Å². The van der Waals surface area contributed by atoms with Crippen LogP contribution >= 0.6 is 0 Å². The number of likely N-dealkylation sites (N-methyl/N-ethyl adjacent to an activating group) is 1. The Kier molecular flexibility index (Phi) is 3.36. The Morgan fingerprint density at radius 2 is 2.11 bits per heavy atom. The first-order chi connectivity index (χ1) is 8.81. The fourth-order valence-electron chi connectivity index (χ4n) is 2.28. The lowest BCUT2D eigenvalue weighted by molar-refractivity contribution is 0.100. The Morgan fingerprint density at radius 1 is 1.42 bits per heavy atom. The summed E-state index contributed by atoms with van der Waals surface area (Å²) in [7, 11) is 2.11. The molecule has 0 unspecified atom stereocenters. The van der Waals surface area contributed by atoms with Crippen molar-refractivity contribution in [1.82, 2.24) is 9.88 Å². The van der Waals surface area contributed by atoms with E-state index in [2.05, 4.69) is 35.7 Å². The molecular weight excluding hydrogens is 242 g/mol. The predicted octanol–water partition coefficient (Wildman–Crippen LogP) is 0.293. The molecule has 0 aromatic carbocycles. The van der Waals surface area contributed by atoms with Gasteiger partial charge in [0.25, 0.3) is 5.91 Å². The number of anilines is 2. The monoisotopic (exact) mass is 263 g/mol. The van der Waals surface area contributed by atoms with Crippen LogP contribution in [0, 0.1) is 0 Å². The number of rotatable bonds is 2. The zero-order valence-electron chi connectivity index (χ0n) is 11.7. The van der Waals surface area contributed by atoms with Crippen LogP contribution in [0.15, 0.2) is 12.3 Å². The summed E-state index contributed by atoms with van der Waals surface area (Å²) in [5.74, 6) is 0.235. The highest BCUT2D eigenvalue weighted by atomic mass is 16.1. The Labute approximate surface area is 113 Å². The van der Waals surface area contributed by atoms with Crippen LogP contribution in [-0.4, -0.2) is 48.0 Å². The summed E-state index contributed by atoms with van der Waals surface area (Å²) in [5, 5.41) is 0. The average Bonchev–Trinajstić information content (AvgIpc) is 2.33. The van der Waals surface area contributed by atoms with Gasteiger partial charge in [0.2, 0.25) is 0 Å². The summed E-state index contributed by atoms with van der Waals surface area (Å²) in [6.45, 7) is 7.04. The maximum Gasteiger partial charge on any atom is 0.250 e. The van der Waals surface area contributed by atoms with Gasteiger partial charge in [0.05, 0.1) is 17.4 Å². The van der Waals surface area contributed by atoms with Crippen molar-refractivity contribution in [2.24, 2.45) is 5.73 Å². The molecule has 6 heteroatoms. The molecule has 0 radical (unpaired) electrons. The standard InChI is InChI=1S/C13H21N5O/c1-13(2)8-18(5-4-17(13)3)11-6-9(12(15)19)10(14)7-16-11/h6-7H,4-5,8,14H2,1-3H3,(H2,15,19). The first-order valence-corrected chi connectivity index (χ1v) is 6.33. The fourth-order valence-corrected chi connectivity index (χ4v) is 2.28. The number of nitrogens with two attached hydrogens (primary N) is 2. The molecule has 0 aliphatic carbocycles. The molecule has 1 aliphatic heterocycles. The molecule has 0 saturated carbocycles. The molecule has 19 heavy (non-hydrogen) atoms. The molecule has 0 atom stereocenters. The van der Waals surface area contributed by atoms with Crippen LogP contribution in [-0.2, 0) is 0 Å². The number of carbonyl (C=O) groups is 1. The van der Waals surface area contributed by atoms with Gasteiger partial charge in [-0.2, -0.15) is 0 Å². The van der Waals surface area contributed by atoms with Gasteiger partial charge < -0.3 is 16.4 Å². The highest BCUT2D eigenvalue weighted by Gasteiger charge is 2.31. The van der Waals surface area contributed by atoms with Crippen molar-refractivity contribution in [3.8, 4) is 0 Å². The zero-order valence-corrected chi connectivity index (χ0v) is 11.7.